The number of hydrogen-bond donors (Lipinski definition) is 1. The summed E-state index contributed by atoms with van der Waals surface area (Å²) in [5, 5.41) is 0. The minimum Gasteiger partial charge on any atom is -0.495 e. The standard InChI is InChI=1S/C14H22N2O3S.ClH/c1-11-6-5-9-16(12(11)10-15)20(17,18)14-8-4-3-7-13(14)19-2;/h3-4,7-8,11-12H,5-6,9-10,15H2,1-2H3;1H. The number of piperidine rings is 1. The number of ether oxygens (including phenoxy) is 1. The highest BCUT2D eigenvalue weighted by Gasteiger charge is 2.37. The maximum Gasteiger partial charge on any atom is 0.247 e. The average molecular weight is 335 g/mol. The molecule has 7 heteroatoms. The van der Waals surface area contributed by atoms with Crippen LogP contribution in [0, 0.1) is 5.92 Å². The average Bonchev–Trinajstić information content (AvgIpc) is 2.46. The summed E-state index contributed by atoms with van der Waals surface area (Å²) in [5.74, 6) is 0.653. The van der Waals surface area contributed by atoms with E-state index in [1.54, 1.807) is 28.6 Å². The predicted molar refractivity (Wildman–Crippen MR) is 85.4 cm³/mol. The van der Waals surface area contributed by atoms with Crippen LogP contribution in [0.4, 0.5) is 0 Å². The minimum atomic E-state index is -3.57. The fraction of sp³-hybridized carbons (Fsp3) is 0.571. The van der Waals surface area contributed by atoms with Crippen LogP contribution in [0.3, 0.4) is 0 Å². The highest BCUT2D eigenvalue weighted by Crippen LogP contribution is 2.32. The summed E-state index contributed by atoms with van der Waals surface area (Å²) < 4.78 is 32.5. The van der Waals surface area contributed by atoms with Crippen LogP contribution in [0.2, 0.25) is 0 Å². The van der Waals surface area contributed by atoms with Gasteiger partial charge in [-0.1, -0.05) is 19.1 Å². The highest BCUT2D eigenvalue weighted by molar-refractivity contribution is 7.89. The fourth-order valence-electron chi connectivity index (χ4n) is 2.82. The molecule has 2 unspecified atom stereocenters. The van der Waals surface area contributed by atoms with E-state index in [9.17, 15) is 8.42 Å². The van der Waals surface area contributed by atoms with Gasteiger partial charge in [-0.3, -0.25) is 0 Å². The number of sulfonamides is 1. The molecule has 2 atom stereocenters. The van der Waals surface area contributed by atoms with E-state index in [0.717, 1.165) is 12.8 Å². The third-order valence-corrected chi connectivity index (χ3v) is 5.93. The van der Waals surface area contributed by atoms with Gasteiger partial charge < -0.3 is 10.5 Å². The molecule has 0 saturated carbocycles. The highest BCUT2D eigenvalue weighted by atomic mass is 35.5. The van der Waals surface area contributed by atoms with Crippen LogP contribution in [0.25, 0.3) is 0 Å². The molecule has 0 aliphatic carbocycles. The first-order valence-electron chi connectivity index (χ1n) is 6.87. The van der Waals surface area contributed by atoms with Crippen molar-refractivity contribution in [3.05, 3.63) is 24.3 Å². The van der Waals surface area contributed by atoms with E-state index in [4.69, 9.17) is 10.5 Å². The van der Waals surface area contributed by atoms with E-state index >= 15 is 0 Å². The SMILES string of the molecule is COc1ccccc1S(=O)(=O)N1CCCC(C)C1CN.Cl. The molecular weight excluding hydrogens is 312 g/mol. The summed E-state index contributed by atoms with van der Waals surface area (Å²) in [7, 11) is -2.09. The van der Waals surface area contributed by atoms with E-state index in [1.807, 2.05) is 0 Å². The third kappa shape index (κ3) is 3.51. The summed E-state index contributed by atoms with van der Waals surface area (Å²) in [4.78, 5) is 0.218. The van der Waals surface area contributed by atoms with Crippen molar-refractivity contribution >= 4 is 22.4 Å². The van der Waals surface area contributed by atoms with Gasteiger partial charge in [-0.05, 0) is 30.9 Å². The van der Waals surface area contributed by atoms with Gasteiger partial charge in [0.25, 0.3) is 0 Å². The van der Waals surface area contributed by atoms with Crippen LogP contribution in [-0.4, -0.2) is 39.0 Å². The number of nitrogens with two attached hydrogens (primary N) is 1. The van der Waals surface area contributed by atoms with Gasteiger partial charge in [0.05, 0.1) is 7.11 Å². The summed E-state index contributed by atoms with van der Waals surface area (Å²) in [6.45, 7) is 2.92. The maximum absolute atomic E-state index is 12.9. The molecule has 0 aromatic heterocycles. The van der Waals surface area contributed by atoms with Crippen molar-refractivity contribution in [2.45, 2.75) is 30.7 Å². The quantitative estimate of drug-likeness (QED) is 0.912. The van der Waals surface area contributed by atoms with Crippen molar-refractivity contribution in [1.29, 1.82) is 0 Å². The molecule has 2 N–H and O–H groups in total. The first-order valence-corrected chi connectivity index (χ1v) is 8.31. The zero-order chi connectivity index (χ0) is 14.8. The van der Waals surface area contributed by atoms with Gasteiger partial charge in [0.15, 0.2) is 0 Å². The first-order chi connectivity index (χ1) is 9.52. The smallest absolute Gasteiger partial charge is 0.247 e. The zero-order valence-electron chi connectivity index (χ0n) is 12.4. The summed E-state index contributed by atoms with van der Waals surface area (Å²) in [6, 6.07) is 6.58. The van der Waals surface area contributed by atoms with Gasteiger partial charge in [-0.2, -0.15) is 4.31 Å². The summed E-state index contributed by atoms with van der Waals surface area (Å²) in [6.07, 6.45) is 1.88. The molecular formula is C14H23ClN2O3S. The van der Waals surface area contributed by atoms with Crippen LogP contribution >= 0.6 is 12.4 Å². The fourth-order valence-corrected chi connectivity index (χ4v) is 4.75. The second-order valence-corrected chi connectivity index (χ2v) is 7.05. The molecule has 0 radical (unpaired) electrons. The van der Waals surface area contributed by atoms with Crippen molar-refractivity contribution in [2.24, 2.45) is 11.7 Å². The Labute approximate surface area is 132 Å². The van der Waals surface area contributed by atoms with Crippen LogP contribution in [0.15, 0.2) is 29.2 Å². The lowest BCUT2D eigenvalue weighted by Crippen LogP contribution is -2.51. The number of methoxy groups -OCH3 is 1. The normalized spacial score (nSPS) is 23.4. The lowest BCUT2D eigenvalue weighted by Gasteiger charge is -2.38. The second-order valence-electron chi connectivity index (χ2n) is 5.19. The van der Waals surface area contributed by atoms with Crippen LogP contribution in [0.1, 0.15) is 19.8 Å². The molecule has 21 heavy (non-hydrogen) atoms. The van der Waals surface area contributed by atoms with Gasteiger partial charge in [-0.15, -0.1) is 12.4 Å². The molecule has 1 aromatic rings. The molecule has 5 nitrogen and oxygen atoms in total. The minimum absolute atomic E-state index is 0. The monoisotopic (exact) mass is 334 g/mol. The predicted octanol–water partition coefficient (Wildman–Crippen LogP) is 1.86. The molecule has 1 heterocycles. The molecule has 1 aromatic carbocycles. The number of rotatable bonds is 4. The van der Waals surface area contributed by atoms with Crippen molar-refractivity contribution in [2.75, 3.05) is 20.2 Å². The second kappa shape index (κ2) is 7.45. The van der Waals surface area contributed by atoms with Crippen molar-refractivity contribution < 1.29 is 13.2 Å². The van der Waals surface area contributed by atoms with E-state index in [0.29, 0.717) is 18.8 Å². The molecule has 0 spiro atoms. The summed E-state index contributed by atoms with van der Waals surface area (Å²) >= 11 is 0. The van der Waals surface area contributed by atoms with Crippen molar-refractivity contribution in [1.82, 2.24) is 4.31 Å². The summed E-state index contributed by atoms with van der Waals surface area (Å²) in [5.41, 5.74) is 5.79. The van der Waals surface area contributed by atoms with Crippen LogP contribution in [0.5, 0.6) is 5.75 Å². The number of hydrogen-bond acceptors (Lipinski definition) is 4. The van der Waals surface area contributed by atoms with E-state index in [1.165, 1.54) is 7.11 Å². The molecule has 120 valence electrons. The van der Waals surface area contributed by atoms with Gasteiger partial charge in [-0.25, -0.2) is 8.42 Å². The number of nitrogens with zero attached hydrogens (tertiary/aromatic N) is 1. The maximum atomic E-state index is 12.9. The zero-order valence-corrected chi connectivity index (χ0v) is 14.0. The molecule has 0 amide bonds. The number of para-hydroxylation sites is 1. The molecule has 2 rings (SSSR count). The molecule has 1 aliphatic heterocycles. The van der Waals surface area contributed by atoms with E-state index in [2.05, 4.69) is 6.92 Å². The van der Waals surface area contributed by atoms with Crippen LogP contribution in [-0.2, 0) is 10.0 Å². The molecule has 1 fully saturated rings. The Hall–Kier alpha value is -0.820. The third-order valence-electron chi connectivity index (χ3n) is 3.96. The topological polar surface area (TPSA) is 72.6 Å². The van der Waals surface area contributed by atoms with Gasteiger partial charge >= 0.3 is 0 Å². The van der Waals surface area contributed by atoms with E-state index in [-0.39, 0.29) is 29.3 Å². The van der Waals surface area contributed by atoms with Crippen LogP contribution < -0.4 is 10.5 Å². The number of halogens is 1. The van der Waals surface area contributed by atoms with Crippen molar-refractivity contribution in [3.63, 3.8) is 0 Å². The van der Waals surface area contributed by atoms with Crippen molar-refractivity contribution in [3.8, 4) is 5.75 Å². The van der Waals surface area contributed by atoms with Gasteiger partial charge in [0, 0.05) is 19.1 Å². The Morgan fingerprint density at radius 2 is 2.05 bits per heavy atom. The lowest BCUT2D eigenvalue weighted by atomic mass is 9.93. The molecule has 1 saturated heterocycles. The Bertz CT molecular complexity index is 565. The molecule has 0 bridgehead atoms. The Kier molecular flexibility index (Phi) is 6.46. The Morgan fingerprint density at radius 1 is 1.38 bits per heavy atom. The lowest BCUT2D eigenvalue weighted by molar-refractivity contribution is 0.192. The van der Waals surface area contributed by atoms with E-state index < -0.39 is 10.0 Å². The van der Waals surface area contributed by atoms with Gasteiger partial charge in [0.2, 0.25) is 10.0 Å². The van der Waals surface area contributed by atoms with Gasteiger partial charge in [0.1, 0.15) is 10.6 Å². The molecule has 1 aliphatic rings. The Balaban J connectivity index is 0.00000220. The first kappa shape index (κ1) is 18.2. The Morgan fingerprint density at radius 3 is 2.67 bits per heavy atom. The number of benzene rings is 1. The largest absolute Gasteiger partial charge is 0.495 e.